The summed E-state index contributed by atoms with van der Waals surface area (Å²) in [5, 5.41) is 0. The van der Waals surface area contributed by atoms with Crippen molar-refractivity contribution in [3.8, 4) is 0 Å². The number of ether oxygens (including phenoxy) is 4. The zero-order chi connectivity index (χ0) is 20.7. The molecule has 0 radical (unpaired) electrons. The van der Waals surface area contributed by atoms with E-state index in [9.17, 15) is 0 Å². The van der Waals surface area contributed by atoms with Crippen molar-refractivity contribution in [1.29, 1.82) is 0 Å². The molecule has 4 nitrogen and oxygen atoms in total. The highest BCUT2D eigenvalue weighted by atomic mass is 16.7. The highest BCUT2D eigenvalue weighted by Gasteiger charge is 2.12. The summed E-state index contributed by atoms with van der Waals surface area (Å²) in [5.41, 5.74) is 0. The predicted molar refractivity (Wildman–Crippen MR) is 118 cm³/mol. The lowest BCUT2D eigenvalue weighted by molar-refractivity contribution is -0.0810. The maximum Gasteiger partial charge on any atom is 0.321 e. The molecule has 0 heterocycles. The zero-order valence-corrected chi connectivity index (χ0v) is 19.4. The Kier molecular flexibility index (Phi) is 21.7. The molecule has 0 spiro atoms. The van der Waals surface area contributed by atoms with E-state index < -0.39 is 0 Å². The summed E-state index contributed by atoms with van der Waals surface area (Å²) in [4.78, 5) is 0. The Hall–Kier alpha value is -0.900. The van der Waals surface area contributed by atoms with Gasteiger partial charge in [0.2, 0.25) is 0 Å². The van der Waals surface area contributed by atoms with Crippen LogP contribution in [-0.2, 0) is 18.9 Å². The first-order valence-electron chi connectivity index (χ1n) is 12.0. The molecule has 0 unspecified atom stereocenters. The first-order valence-corrected chi connectivity index (χ1v) is 12.0. The highest BCUT2D eigenvalue weighted by molar-refractivity contribution is 4.95. The number of hydrogen-bond acceptors (Lipinski definition) is 4. The summed E-state index contributed by atoms with van der Waals surface area (Å²) in [7, 11) is 0. The predicted octanol–water partition coefficient (Wildman–Crippen LogP) is 7.72. The van der Waals surface area contributed by atoms with Crippen LogP contribution < -0.4 is 0 Å². The smallest absolute Gasteiger partial charge is 0.321 e. The summed E-state index contributed by atoms with van der Waals surface area (Å²) in [6.45, 7) is 10.9. The van der Waals surface area contributed by atoms with Gasteiger partial charge in [-0.1, -0.05) is 85.0 Å². The fourth-order valence-corrected chi connectivity index (χ4v) is 2.97. The highest BCUT2D eigenvalue weighted by Crippen LogP contribution is 2.18. The summed E-state index contributed by atoms with van der Waals surface area (Å²) in [6.07, 6.45) is 16.9. The molecule has 168 valence electrons. The van der Waals surface area contributed by atoms with Crippen molar-refractivity contribution in [2.75, 3.05) is 26.6 Å². The molecule has 0 N–H and O–H groups in total. The lowest BCUT2D eigenvalue weighted by Gasteiger charge is -2.17. The summed E-state index contributed by atoms with van der Waals surface area (Å²) < 4.78 is 23.2. The normalized spacial score (nSPS) is 12.0. The molecule has 28 heavy (non-hydrogen) atoms. The van der Waals surface area contributed by atoms with Crippen LogP contribution in [0.1, 0.15) is 118 Å². The van der Waals surface area contributed by atoms with Gasteiger partial charge in [0.15, 0.2) is 12.6 Å². The second-order valence-electron chi connectivity index (χ2n) is 7.45. The third-order valence-electron chi connectivity index (χ3n) is 4.69. The lowest BCUT2D eigenvalue weighted by atomic mass is 10.1. The number of hydrogen-bond donors (Lipinski definition) is 0. The molecule has 4 heteroatoms. The van der Waals surface area contributed by atoms with Gasteiger partial charge in [0.05, 0.1) is 13.2 Å². The fourth-order valence-electron chi connectivity index (χ4n) is 2.97. The van der Waals surface area contributed by atoms with Gasteiger partial charge >= 0.3 is 5.95 Å². The van der Waals surface area contributed by atoms with Crippen molar-refractivity contribution < 1.29 is 18.9 Å². The van der Waals surface area contributed by atoms with E-state index in [0.29, 0.717) is 19.2 Å². The van der Waals surface area contributed by atoms with Crippen LogP contribution in [0.2, 0.25) is 0 Å². The van der Waals surface area contributed by atoms with E-state index >= 15 is 0 Å². The quantitative estimate of drug-likeness (QED) is 0.106. The van der Waals surface area contributed by atoms with Gasteiger partial charge in [0.25, 0.3) is 0 Å². The van der Waals surface area contributed by atoms with E-state index in [0.717, 1.165) is 38.0 Å². The summed E-state index contributed by atoms with van der Waals surface area (Å²) in [6, 6.07) is 0. The lowest BCUT2D eigenvalue weighted by Crippen LogP contribution is -2.10. The van der Waals surface area contributed by atoms with Gasteiger partial charge < -0.3 is 18.9 Å². The van der Waals surface area contributed by atoms with E-state index in [2.05, 4.69) is 20.8 Å². The number of unbranched alkanes of at least 4 members (excludes halogenated alkanes) is 10. The van der Waals surface area contributed by atoms with Crippen LogP contribution in [-0.4, -0.2) is 26.6 Å². The van der Waals surface area contributed by atoms with Gasteiger partial charge in [0, 0.05) is 13.0 Å². The van der Waals surface area contributed by atoms with Crippen LogP contribution in [0.25, 0.3) is 0 Å². The second kappa shape index (κ2) is 22.4. The van der Waals surface area contributed by atoms with Crippen molar-refractivity contribution >= 4 is 0 Å². The Morgan fingerprint density at radius 1 is 0.536 bits per heavy atom. The van der Waals surface area contributed by atoms with Gasteiger partial charge in [-0.25, -0.2) is 0 Å². The third-order valence-corrected chi connectivity index (χ3v) is 4.69. The molecule has 0 amide bonds. The van der Waals surface area contributed by atoms with Gasteiger partial charge in [-0.3, -0.25) is 0 Å². The molecule has 0 aromatic heterocycles. The van der Waals surface area contributed by atoms with E-state index in [4.69, 9.17) is 18.9 Å². The van der Waals surface area contributed by atoms with E-state index in [1.165, 1.54) is 64.2 Å². The molecular formula is C24H48O4. The summed E-state index contributed by atoms with van der Waals surface area (Å²) in [5.74, 6) is 1.39. The Labute approximate surface area is 175 Å². The Balaban J connectivity index is 4.39. The van der Waals surface area contributed by atoms with Crippen LogP contribution in [0.3, 0.4) is 0 Å². The summed E-state index contributed by atoms with van der Waals surface area (Å²) >= 11 is 0. The van der Waals surface area contributed by atoms with Gasteiger partial charge in [-0.15, -0.1) is 0 Å². The van der Waals surface area contributed by atoms with E-state index in [1.807, 2.05) is 6.92 Å². The average molecular weight is 401 g/mol. The first-order chi connectivity index (χ1) is 13.8. The molecule has 0 aliphatic rings. The monoisotopic (exact) mass is 400 g/mol. The first kappa shape index (κ1) is 27.1. The molecule has 0 aliphatic heterocycles. The second-order valence-corrected chi connectivity index (χ2v) is 7.45. The Morgan fingerprint density at radius 3 is 1.61 bits per heavy atom. The maximum atomic E-state index is 6.07. The molecule has 0 aromatic carbocycles. The van der Waals surface area contributed by atoms with Crippen LogP contribution in [0, 0.1) is 0 Å². The van der Waals surface area contributed by atoms with Crippen LogP contribution in [0.4, 0.5) is 0 Å². The molecular weight excluding hydrogens is 352 g/mol. The number of allylic oxidation sites excluding steroid dienone is 1. The maximum absolute atomic E-state index is 6.07. The van der Waals surface area contributed by atoms with Crippen molar-refractivity contribution in [1.82, 2.24) is 0 Å². The molecule has 0 saturated carbocycles. The van der Waals surface area contributed by atoms with Crippen molar-refractivity contribution in [2.24, 2.45) is 0 Å². The van der Waals surface area contributed by atoms with Crippen molar-refractivity contribution in [3.63, 3.8) is 0 Å². The fraction of sp³-hybridized carbons (Fsp3) is 0.917. The standard InChI is InChI=1S/C24H48O4/c1-5-9-11-13-15-17-20-26-23(19-7-3)24(28-22-25-8-4)27-21-18-16-14-12-10-6-2/h5-22H2,1-4H3. The minimum atomic E-state index is 0.218. The van der Waals surface area contributed by atoms with Crippen LogP contribution in [0.15, 0.2) is 11.7 Å². The Morgan fingerprint density at radius 2 is 1.07 bits per heavy atom. The molecule has 0 rings (SSSR count). The van der Waals surface area contributed by atoms with Gasteiger partial charge in [-0.2, -0.15) is 0 Å². The molecule has 0 fully saturated rings. The minimum Gasteiger partial charge on any atom is -0.491 e. The molecule has 0 saturated heterocycles. The SMILES string of the molecule is CCCCCCCCOC(CCC)=C(OCCCCCCCC)OCOCC. The van der Waals surface area contributed by atoms with Crippen molar-refractivity contribution in [3.05, 3.63) is 11.7 Å². The number of rotatable bonds is 22. The molecule has 0 atom stereocenters. The topological polar surface area (TPSA) is 36.9 Å². The van der Waals surface area contributed by atoms with E-state index in [1.54, 1.807) is 0 Å². The van der Waals surface area contributed by atoms with Gasteiger partial charge in [-0.05, 0) is 26.2 Å². The van der Waals surface area contributed by atoms with Crippen LogP contribution in [0.5, 0.6) is 0 Å². The Bertz CT molecular complexity index is 341. The third kappa shape index (κ3) is 17.2. The average Bonchev–Trinajstić information content (AvgIpc) is 2.70. The van der Waals surface area contributed by atoms with Crippen LogP contribution >= 0.6 is 0 Å². The molecule has 0 bridgehead atoms. The van der Waals surface area contributed by atoms with E-state index in [-0.39, 0.29) is 6.79 Å². The van der Waals surface area contributed by atoms with Crippen molar-refractivity contribution in [2.45, 2.75) is 118 Å². The minimum absolute atomic E-state index is 0.218. The largest absolute Gasteiger partial charge is 0.491 e. The molecule has 0 aliphatic carbocycles. The zero-order valence-electron chi connectivity index (χ0n) is 19.4. The molecule has 0 aromatic rings. The van der Waals surface area contributed by atoms with Gasteiger partial charge in [0.1, 0.15) is 0 Å².